The lowest BCUT2D eigenvalue weighted by Crippen LogP contribution is -2.47. The standard InChI is InChI=1S/C21H25N3O5S/c1-29-21(26)18-8-3-4-9-19(18)22-20(25)17-7-5-6-16(14-17)15-23-10-12-24(13-11-23)30(2,27)28/h3-9,14H,10-13,15H2,1-2H3,(H,22,25). The lowest BCUT2D eigenvalue weighted by molar-refractivity contribution is 0.0602. The van der Waals surface area contributed by atoms with Gasteiger partial charge in [0.1, 0.15) is 0 Å². The Hall–Kier alpha value is -2.75. The van der Waals surface area contributed by atoms with Gasteiger partial charge in [-0.25, -0.2) is 13.2 Å². The molecule has 0 aliphatic carbocycles. The molecule has 2 aromatic carbocycles. The minimum atomic E-state index is -3.16. The van der Waals surface area contributed by atoms with Crippen LogP contribution in [0.1, 0.15) is 26.3 Å². The van der Waals surface area contributed by atoms with Crippen LogP contribution in [0.2, 0.25) is 0 Å². The number of amides is 1. The predicted molar refractivity (Wildman–Crippen MR) is 114 cm³/mol. The lowest BCUT2D eigenvalue weighted by Gasteiger charge is -2.33. The highest BCUT2D eigenvalue weighted by Crippen LogP contribution is 2.18. The second kappa shape index (κ2) is 9.38. The van der Waals surface area contributed by atoms with E-state index >= 15 is 0 Å². The van der Waals surface area contributed by atoms with Gasteiger partial charge in [-0.1, -0.05) is 24.3 Å². The minimum Gasteiger partial charge on any atom is -0.465 e. The second-order valence-electron chi connectivity index (χ2n) is 7.13. The van der Waals surface area contributed by atoms with Crippen molar-refractivity contribution in [2.45, 2.75) is 6.54 Å². The van der Waals surface area contributed by atoms with Crippen molar-refractivity contribution in [1.29, 1.82) is 0 Å². The molecule has 1 aliphatic heterocycles. The van der Waals surface area contributed by atoms with Gasteiger partial charge in [0.15, 0.2) is 0 Å². The van der Waals surface area contributed by atoms with Gasteiger partial charge in [-0.2, -0.15) is 4.31 Å². The van der Waals surface area contributed by atoms with E-state index in [1.807, 2.05) is 12.1 Å². The molecule has 1 aliphatic rings. The van der Waals surface area contributed by atoms with E-state index in [1.54, 1.807) is 36.4 Å². The van der Waals surface area contributed by atoms with E-state index in [2.05, 4.69) is 10.2 Å². The molecule has 3 rings (SSSR count). The number of carbonyl (C=O) groups excluding carboxylic acids is 2. The lowest BCUT2D eigenvalue weighted by atomic mass is 10.1. The first kappa shape index (κ1) is 21.9. The number of para-hydroxylation sites is 1. The van der Waals surface area contributed by atoms with Crippen molar-refractivity contribution in [2.24, 2.45) is 0 Å². The van der Waals surface area contributed by atoms with Crippen LogP contribution in [-0.2, 0) is 21.3 Å². The molecule has 0 aromatic heterocycles. The Kier molecular flexibility index (Phi) is 6.86. The van der Waals surface area contributed by atoms with Gasteiger partial charge >= 0.3 is 5.97 Å². The van der Waals surface area contributed by atoms with Gasteiger partial charge in [0.2, 0.25) is 10.0 Å². The van der Waals surface area contributed by atoms with E-state index in [4.69, 9.17) is 4.74 Å². The summed E-state index contributed by atoms with van der Waals surface area (Å²) in [5, 5.41) is 2.77. The van der Waals surface area contributed by atoms with E-state index in [9.17, 15) is 18.0 Å². The van der Waals surface area contributed by atoms with Gasteiger partial charge in [-0.3, -0.25) is 9.69 Å². The minimum absolute atomic E-state index is 0.285. The van der Waals surface area contributed by atoms with E-state index < -0.39 is 16.0 Å². The Morgan fingerprint density at radius 3 is 2.40 bits per heavy atom. The molecule has 0 unspecified atom stereocenters. The summed E-state index contributed by atoms with van der Waals surface area (Å²) in [5.74, 6) is -0.844. The summed E-state index contributed by atoms with van der Waals surface area (Å²) >= 11 is 0. The molecule has 0 spiro atoms. The molecule has 1 fully saturated rings. The van der Waals surface area contributed by atoms with Crippen LogP contribution in [0, 0.1) is 0 Å². The third-order valence-corrected chi connectivity index (χ3v) is 6.28. The van der Waals surface area contributed by atoms with Crippen molar-refractivity contribution in [3.8, 4) is 0 Å². The normalized spacial score (nSPS) is 15.5. The number of ether oxygens (including phenoxy) is 1. The Bertz CT molecular complexity index is 1030. The number of hydrogen-bond acceptors (Lipinski definition) is 6. The molecule has 0 atom stereocenters. The largest absolute Gasteiger partial charge is 0.465 e. The van der Waals surface area contributed by atoms with Crippen LogP contribution in [0.15, 0.2) is 48.5 Å². The van der Waals surface area contributed by atoms with Crippen molar-refractivity contribution in [1.82, 2.24) is 9.21 Å². The number of carbonyl (C=O) groups is 2. The molecule has 160 valence electrons. The van der Waals surface area contributed by atoms with Crippen molar-refractivity contribution < 1.29 is 22.7 Å². The van der Waals surface area contributed by atoms with Gasteiger partial charge in [0, 0.05) is 38.3 Å². The van der Waals surface area contributed by atoms with E-state index in [-0.39, 0.29) is 11.5 Å². The first-order valence-electron chi connectivity index (χ1n) is 9.53. The van der Waals surface area contributed by atoms with Gasteiger partial charge in [0.05, 0.1) is 24.6 Å². The zero-order chi connectivity index (χ0) is 21.7. The molecule has 1 N–H and O–H groups in total. The fourth-order valence-corrected chi connectivity index (χ4v) is 4.19. The topological polar surface area (TPSA) is 96.0 Å². The van der Waals surface area contributed by atoms with Gasteiger partial charge in [-0.05, 0) is 29.8 Å². The maximum absolute atomic E-state index is 12.7. The highest BCUT2D eigenvalue weighted by atomic mass is 32.2. The molecule has 1 heterocycles. The maximum atomic E-state index is 12.7. The Morgan fingerprint density at radius 2 is 1.73 bits per heavy atom. The number of sulfonamides is 1. The summed E-state index contributed by atoms with van der Waals surface area (Å²) in [5.41, 5.74) is 2.10. The Balaban J connectivity index is 1.66. The number of esters is 1. The Labute approximate surface area is 176 Å². The highest BCUT2D eigenvalue weighted by Gasteiger charge is 2.23. The number of piperazine rings is 1. The fraction of sp³-hybridized carbons (Fsp3) is 0.333. The van der Waals surface area contributed by atoms with E-state index in [0.717, 1.165) is 5.56 Å². The predicted octanol–water partition coefficient (Wildman–Crippen LogP) is 1.80. The smallest absolute Gasteiger partial charge is 0.339 e. The van der Waals surface area contributed by atoms with Crippen LogP contribution < -0.4 is 5.32 Å². The summed E-state index contributed by atoms with van der Waals surface area (Å²) < 4.78 is 29.5. The molecule has 1 saturated heterocycles. The monoisotopic (exact) mass is 431 g/mol. The number of rotatable bonds is 6. The number of nitrogens with zero attached hydrogens (tertiary/aromatic N) is 2. The van der Waals surface area contributed by atoms with Gasteiger partial charge in [0.25, 0.3) is 5.91 Å². The molecule has 0 saturated carbocycles. The van der Waals surface area contributed by atoms with Gasteiger partial charge in [-0.15, -0.1) is 0 Å². The number of methoxy groups -OCH3 is 1. The third-order valence-electron chi connectivity index (χ3n) is 4.98. The summed E-state index contributed by atoms with van der Waals surface area (Å²) in [7, 11) is -1.87. The molecule has 2 aromatic rings. The summed E-state index contributed by atoms with van der Waals surface area (Å²) in [6.07, 6.45) is 1.23. The maximum Gasteiger partial charge on any atom is 0.339 e. The molecule has 0 radical (unpaired) electrons. The summed E-state index contributed by atoms with van der Waals surface area (Å²) in [6.45, 7) is 2.82. The van der Waals surface area contributed by atoms with E-state index in [0.29, 0.717) is 44.0 Å². The number of benzene rings is 2. The Morgan fingerprint density at radius 1 is 1.03 bits per heavy atom. The van der Waals surface area contributed by atoms with Crippen molar-refractivity contribution >= 4 is 27.6 Å². The van der Waals surface area contributed by atoms with Crippen LogP contribution in [-0.4, -0.2) is 69.0 Å². The van der Waals surface area contributed by atoms with Crippen LogP contribution in [0.25, 0.3) is 0 Å². The average Bonchev–Trinajstić information content (AvgIpc) is 2.73. The molecule has 8 nitrogen and oxygen atoms in total. The van der Waals surface area contributed by atoms with Crippen molar-refractivity contribution in [3.63, 3.8) is 0 Å². The first-order valence-corrected chi connectivity index (χ1v) is 11.4. The second-order valence-corrected chi connectivity index (χ2v) is 9.11. The summed E-state index contributed by atoms with van der Waals surface area (Å²) in [4.78, 5) is 26.8. The van der Waals surface area contributed by atoms with Crippen LogP contribution in [0.3, 0.4) is 0 Å². The van der Waals surface area contributed by atoms with E-state index in [1.165, 1.54) is 17.7 Å². The molecule has 1 amide bonds. The number of hydrogen-bond donors (Lipinski definition) is 1. The number of anilines is 1. The highest BCUT2D eigenvalue weighted by molar-refractivity contribution is 7.88. The zero-order valence-corrected chi connectivity index (χ0v) is 17.8. The molecular formula is C21H25N3O5S. The third kappa shape index (κ3) is 5.44. The summed E-state index contributed by atoms with van der Waals surface area (Å²) in [6, 6.07) is 13.9. The first-order chi connectivity index (χ1) is 14.3. The van der Waals surface area contributed by atoms with Crippen LogP contribution >= 0.6 is 0 Å². The fourth-order valence-electron chi connectivity index (χ4n) is 3.36. The number of nitrogens with one attached hydrogen (secondary N) is 1. The van der Waals surface area contributed by atoms with Crippen molar-refractivity contribution in [2.75, 3.05) is 44.9 Å². The van der Waals surface area contributed by atoms with Gasteiger partial charge < -0.3 is 10.1 Å². The average molecular weight is 432 g/mol. The molecule has 9 heteroatoms. The molecular weight excluding hydrogens is 406 g/mol. The molecule has 0 bridgehead atoms. The SMILES string of the molecule is COC(=O)c1ccccc1NC(=O)c1cccc(CN2CCN(S(C)(=O)=O)CC2)c1. The quantitative estimate of drug-likeness (QED) is 0.701. The zero-order valence-electron chi connectivity index (χ0n) is 17.0. The van der Waals surface area contributed by atoms with Crippen LogP contribution in [0.5, 0.6) is 0 Å². The van der Waals surface area contributed by atoms with Crippen LogP contribution in [0.4, 0.5) is 5.69 Å². The molecule has 30 heavy (non-hydrogen) atoms. The van der Waals surface area contributed by atoms with Crippen molar-refractivity contribution in [3.05, 3.63) is 65.2 Å².